The largest absolute Gasteiger partial charge is 0.383 e. The highest BCUT2D eigenvalue weighted by Gasteiger charge is 1.97. The van der Waals surface area contributed by atoms with Crippen molar-refractivity contribution in [3.05, 3.63) is 34.7 Å². The van der Waals surface area contributed by atoms with Gasteiger partial charge in [0.25, 0.3) is 0 Å². The Kier molecular flexibility index (Phi) is 7.36. The standard InChI is InChI=1S/C11H13Cl2N3/c1-9(7-14)10(4-5-16(2)3)6-11(13)15-8-12/h4-6,8H,1-3H3/b5-4+,10-9+,11-6-,15-8?. The average molecular weight is 258 g/mol. The lowest BCUT2D eigenvalue weighted by molar-refractivity contribution is 0.563. The molecule has 0 saturated carbocycles. The Bertz CT molecular complexity index is 385. The lowest BCUT2D eigenvalue weighted by Crippen LogP contribution is -2.00. The predicted molar refractivity (Wildman–Crippen MR) is 69.4 cm³/mol. The summed E-state index contributed by atoms with van der Waals surface area (Å²) in [6, 6.07) is 2.06. The summed E-state index contributed by atoms with van der Waals surface area (Å²) in [5.74, 6) is 0. The van der Waals surface area contributed by atoms with Crippen LogP contribution in [0.4, 0.5) is 0 Å². The average Bonchev–Trinajstić information content (AvgIpc) is 2.23. The van der Waals surface area contributed by atoms with Crippen molar-refractivity contribution < 1.29 is 0 Å². The summed E-state index contributed by atoms with van der Waals surface area (Å²) in [6.07, 6.45) is 5.19. The van der Waals surface area contributed by atoms with Gasteiger partial charge in [0.2, 0.25) is 0 Å². The van der Waals surface area contributed by atoms with E-state index in [-0.39, 0.29) is 5.16 Å². The molecule has 0 aliphatic rings. The molecule has 0 radical (unpaired) electrons. The molecule has 0 spiro atoms. The van der Waals surface area contributed by atoms with Crippen molar-refractivity contribution >= 4 is 28.9 Å². The number of halogens is 2. The van der Waals surface area contributed by atoms with E-state index in [1.54, 1.807) is 19.1 Å². The fourth-order valence-corrected chi connectivity index (χ4v) is 1.11. The Balaban J connectivity index is 5.16. The highest BCUT2D eigenvalue weighted by molar-refractivity contribution is 6.56. The second-order valence-corrected chi connectivity index (χ2v) is 3.75. The third kappa shape index (κ3) is 6.28. The minimum atomic E-state index is 0.225. The zero-order chi connectivity index (χ0) is 12.6. The molecule has 86 valence electrons. The molecule has 0 unspecified atom stereocenters. The molecule has 0 N–H and O–H groups in total. The van der Waals surface area contributed by atoms with Crippen molar-refractivity contribution in [3.63, 3.8) is 0 Å². The van der Waals surface area contributed by atoms with E-state index >= 15 is 0 Å². The van der Waals surface area contributed by atoms with Gasteiger partial charge in [0.15, 0.2) is 0 Å². The molecular weight excluding hydrogens is 245 g/mol. The molecule has 0 saturated heterocycles. The highest BCUT2D eigenvalue weighted by atomic mass is 35.5. The van der Waals surface area contributed by atoms with Crippen LogP contribution in [-0.4, -0.2) is 24.7 Å². The third-order valence-corrected chi connectivity index (χ3v) is 1.90. The van der Waals surface area contributed by atoms with Gasteiger partial charge >= 0.3 is 0 Å². The second-order valence-electron chi connectivity index (χ2n) is 3.17. The number of hydrogen-bond donors (Lipinski definition) is 0. The van der Waals surface area contributed by atoms with Crippen LogP contribution in [0.1, 0.15) is 6.92 Å². The van der Waals surface area contributed by atoms with Gasteiger partial charge in [-0.1, -0.05) is 23.2 Å². The maximum atomic E-state index is 8.82. The summed E-state index contributed by atoms with van der Waals surface area (Å²) < 4.78 is 0. The maximum absolute atomic E-state index is 8.82. The first-order valence-electron chi connectivity index (χ1n) is 4.46. The van der Waals surface area contributed by atoms with E-state index in [1.165, 1.54) is 0 Å². The van der Waals surface area contributed by atoms with Gasteiger partial charge in [-0.05, 0) is 30.8 Å². The first kappa shape index (κ1) is 14.8. The van der Waals surface area contributed by atoms with E-state index in [4.69, 9.17) is 28.5 Å². The summed E-state index contributed by atoms with van der Waals surface area (Å²) >= 11 is 11.1. The smallest absolute Gasteiger partial charge is 0.130 e. The first-order valence-corrected chi connectivity index (χ1v) is 5.28. The van der Waals surface area contributed by atoms with Crippen LogP contribution in [0.2, 0.25) is 0 Å². The number of nitrogens with zero attached hydrogens (tertiary/aromatic N) is 3. The summed E-state index contributed by atoms with van der Waals surface area (Å²) in [5, 5.41) is 9.05. The fraction of sp³-hybridized carbons (Fsp3) is 0.273. The van der Waals surface area contributed by atoms with Crippen molar-refractivity contribution in [3.8, 4) is 6.07 Å². The third-order valence-electron chi connectivity index (χ3n) is 1.60. The van der Waals surface area contributed by atoms with Crippen molar-refractivity contribution in [1.82, 2.24) is 4.90 Å². The number of nitriles is 1. The summed E-state index contributed by atoms with van der Waals surface area (Å²) in [7, 11) is 3.77. The molecule has 5 heteroatoms. The van der Waals surface area contributed by atoms with Crippen LogP contribution in [0.3, 0.4) is 0 Å². The van der Waals surface area contributed by atoms with Crippen LogP contribution in [0.25, 0.3) is 0 Å². The van der Waals surface area contributed by atoms with Gasteiger partial charge in [0, 0.05) is 19.7 Å². The van der Waals surface area contributed by atoms with Gasteiger partial charge in [0.05, 0.1) is 11.7 Å². The molecule has 0 rings (SSSR count). The van der Waals surface area contributed by atoms with Crippen molar-refractivity contribution in [2.75, 3.05) is 14.1 Å². The van der Waals surface area contributed by atoms with E-state index in [2.05, 4.69) is 11.1 Å². The Labute approximate surface area is 106 Å². The van der Waals surface area contributed by atoms with Gasteiger partial charge in [-0.2, -0.15) is 5.26 Å². The minimum absolute atomic E-state index is 0.225. The molecule has 0 amide bonds. The molecule has 0 aliphatic heterocycles. The number of hydrogen-bond acceptors (Lipinski definition) is 3. The summed E-state index contributed by atoms with van der Waals surface area (Å²) in [6.45, 7) is 1.71. The maximum Gasteiger partial charge on any atom is 0.130 e. The van der Waals surface area contributed by atoms with Crippen LogP contribution in [0.15, 0.2) is 39.6 Å². The van der Waals surface area contributed by atoms with Gasteiger partial charge in [-0.25, -0.2) is 4.99 Å². The molecule has 0 heterocycles. The molecule has 0 aliphatic carbocycles. The lowest BCUT2D eigenvalue weighted by atomic mass is 10.1. The predicted octanol–water partition coefficient (Wildman–Crippen LogP) is 3.25. The Morgan fingerprint density at radius 2 is 2.06 bits per heavy atom. The molecule has 0 bridgehead atoms. The summed E-state index contributed by atoms with van der Waals surface area (Å²) in [5.41, 5.74) is 2.33. The SMILES string of the molecule is C/C(C#N)=C(/C=C/N(C)C)\C=C(\Cl)N=CCl. The van der Waals surface area contributed by atoms with Crippen molar-refractivity contribution in [2.45, 2.75) is 6.92 Å². The molecular formula is C11H13Cl2N3. The fourth-order valence-electron chi connectivity index (χ4n) is 0.787. The van der Waals surface area contributed by atoms with E-state index in [9.17, 15) is 0 Å². The van der Waals surface area contributed by atoms with E-state index in [0.717, 1.165) is 5.67 Å². The van der Waals surface area contributed by atoms with Crippen LogP contribution < -0.4 is 0 Å². The van der Waals surface area contributed by atoms with Crippen LogP contribution >= 0.6 is 23.2 Å². The van der Waals surface area contributed by atoms with E-state index < -0.39 is 0 Å². The lowest BCUT2D eigenvalue weighted by Gasteiger charge is -2.04. The topological polar surface area (TPSA) is 39.4 Å². The number of aliphatic imine (C=N–C) groups is 1. The van der Waals surface area contributed by atoms with E-state index in [1.807, 2.05) is 25.2 Å². The molecule has 0 aromatic carbocycles. The van der Waals surface area contributed by atoms with Crippen molar-refractivity contribution in [1.29, 1.82) is 5.26 Å². The van der Waals surface area contributed by atoms with Crippen LogP contribution in [-0.2, 0) is 0 Å². The normalized spacial score (nSPS) is 14.1. The molecule has 0 fully saturated rings. The highest BCUT2D eigenvalue weighted by Crippen LogP contribution is 2.13. The van der Waals surface area contributed by atoms with Gasteiger partial charge < -0.3 is 4.90 Å². The van der Waals surface area contributed by atoms with Crippen LogP contribution in [0.5, 0.6) is 0 Å². The molecule has 0 aromatic heterocycles. The number of rotatable bonds is 4. The van der Waals surface area contributed by atoms with Gasteiger partial charge in [0.1, 0.15) is 5.16 Å². The molecule has 0 atom stereocenters. The Morgan fingerprint density at radius 3 is 2.50 bits per heavy atom. The van der Waals surface area contributed by atoms with Gasteiger partial charge in [-0.3, -0.25) is 0 Å². The molecule has 3 nitrogen and oxygen atoms in total. The van der Waals surface area contributed by atoms with Gasteiger partial charge in [-0.15, -0.1) is 0 Å². The number of allylic oxidation sites excluding steroid dienone is 4. The monoisotopic (exact) mass is 257 g/mol. The van der Waals surface area contributed by atoms with Crippen molar-refractivity contribution in [2.24, 2.45) is 4.99 Å². The Hall–Kier alpha value is -1.24. The minimum Gasteiger partial charge on any atom is -0.383 e. The quantitative estimate of drug-likeness (QED) is 0.336. The first-order chi connectivity index (χ1) is 7.51. The second kappa shape index (κ2) is 7.98. The molecule has 0 aromatic rings. The van der Waals surface area contributed by atoms with Crippen LogP contribution in [0, 0.1) is 11.3 Å². The Morgan fingerprint density at radius 1 is 1.44 bits per heavy atom. The molecule has 16 heavy (non-hydrogen) atoms. The zero-order valence-corrected chi connectivity index (χ0v) is 10.9. The summed E-state index contributed by atoms with van der Waals surface area (Å²) in [4.78, 5) is 5.54. The van der Waals surface area contributed by atoms with E-state index in [0.29, 0.717) is 11.1 Å². The zero-order valence-electron chi connectivity index (χ0n) is 9.41.